The number of anilines is 1. The van der Waals surface area contributed by atoms with Gasteiger partial charge in [0.1, 0.15) is 0 Å². The molecule has 1 aliphatic carbocycles. The molecule has 0 spiro atoms. The van der Waals surface area contributed by atoms with Crippen molar-refractivity contribution in [3.05, 3.63) is 60.6 Å². The van der Waals surface area contributed by atoms with E-state index in [4.69, 9.17) is 4.74 Å². The first-order valence-corrected chi connectivity index (χ1v) is 6.11. The van der Waals surface area contributed by atoms with E-state index in [0.717, 1.165) is 17.7 Å². The van der Waals surface area contributed by atoms with E-state index in [9.17, 15) is 4.79 Å². The van der Waals surface area contributed by atoms with Crippen molar-refractivity contribution < 1.29 is 9.53 Å². The predicted molar refractivity (Wildman–Crippen MR) is 74.9 cm³/mol. The van der Waals surface area contributed by atoms with Crippen molar-refractivity contribution in [3.8, 4) is 11.1 Å². The van der Waals surface area contributed by atoms with Crippen molar-refractivity contribution in [1.29, 1.82) is 0 Å². The Morgan fingerprint density at radius 2 is 1.89 bits per heavy atom. The molecule has 0 N–H and O–H groups in total. The van der Waals surface area contributed by atoms with E-state index in [1.165, 1.54) is 28.7 Å². The van der Waals surface area contributed by atoms with Crippen molar-refractivity contribution in [1.82, 2.24) is 0 Å². The summed E-state index contributed by atoms with van der Waals surface area (Å²) in [6, 6.07) is 14.2. The van der Waals surface area contributed by atoms with Crippen LogP contribution in [0.3, 0.4) is 0 Å². The number of carbonyl (C=O) groups excluding carboxylic acids is 1. The molecule has 0 saturated carbocycles. The number of hydrogen-bond donors (Lipinski definition) is 0. The first-order chi connectivity index (χ1) is 9.22. The van der Waals surface area contributed by atoms with Crippen molar-refractivity contribution in [2.75, 3.05) is 12.0 Å². The number of carbonyl (C=O) groups is 1. The van der Waals surface area contributed by atoms with Gasteiger partial charge >= 0.3 is 6.09 Å². The molecule has 19 heavy (non-hydrogen) atoms. The van der Waals surface area contributed by atoms with Gasteiger partial charge in [-0.2, -0.15) is 0 Å². The standard InChI is InChI=1S/C16H14NO2/c1-17(16(18)19-2)15-9-5-8-13-12-7-4-3-6-11(12)10-14(13)15/h3-9H,1,10H2,2H3. The quantitative estimate of drug-likeness (QED) is 0.662. The number of methoxy groups -OCH3 is 1. The van der Waals surface area contributed by atoms with Crippen LogP contribution in [0.1, 0.15) is 11.1 Å². The summed E-state index contributed by atoms with van der Waals surface area (Å²) in [5, 5.41) is 0. The first-order valence-electron chi connectivity index (χ1n) is 6.11. The van der Waals surface area contributed by atoms with Gasteiger partial charge in [-0.1, -0.05) is 36.4 Å². The van der Waals surface area contributed by atoms with E-state index in [-0.39, 0.29) is 0 Å². The van der Waals surface area contributed by atoms with Crippen LogP contribution in [0.25, 0.3) is 11.1 Å². The normalized spacial score (nSPS) is 11.7. The summed E-state index contributed by atoms with van der Waals surface area (Å²) < 4.78 is 4.73. The highest BCUT2D eigenvalue weighted by Gasteiger charge is 2.23. The van der Waals surface area contributed by atoms with Gasteiger partial charge in [0.05, 0.1) is 12.8 Å². The lowest BCUT2D eigenvalue weighted by atomic mass is 10.0. The monoisotopic (exact) mass is 252 g/mol. The lowest BCUT2D eigenvalue weighted by Crippen LogP contribution is -2.24. The second-order valence-electron chi connectivity index (χ2n) is 4.54. The van der Waals surface area contributed by atoms with Gasteiger partial charge in [0.25, 0.3) is 0 Å². The number of amides is 1. The molecule has 3 nitrogen and oxygen atoms in total. The van der Waals surface area contributed by atoms with E-state index in [1.54, 1.807) is 0 Å². The van der Waals surface area contributed by atoms with Gasteiger partial charge in [-0.25, -0.2) is 4.79 Å². The Morgan fingerprint density at radius 1 is 1.16 bits per heavy atom. The fourth-order valence-electron chi connectivity index (χ4n) is 2.60. The smallest absolute Gasteiger partial charge is 0.414 e. The maximum atomic E-state index is 11.6. The zero-order valence-corrected chi connectivity index (χ0v) is 10.7. The highest BCUT2D eigenvalue weighted by molar-refractivity contribution is 5.92. The Kier molecular flexibility index (Phi) is 2.75. The molecule has 1 radical (unpaired) electrons. The number of ether oxygens (including phenoxy) is 1. The van der Waals surface area contributed by atoms with Gasteiger partial charge in [0.2, 0.25) is 0 Å². The molecule has 0 fully saturated rings. The topological polar surface area (TPSA) is 29.5 Å². The predicted octanol–water partition coefficient (Wildman–Crippen LogP) is 3.62. The third-order valence-corrected chi connectivity index (χ3v) is 3.51. The lowest BCUT2D eigenvalue weighted by molar-refractivity contribution is 0.181. The maximum Gasteiger partial charge on any atom is 0.414 e. The largest absolute Gasteiger partial charge is 0.452 e. The molecule has 1 aliphatic rings. The van der Waals surface area contributed by atoms with Gasteiger partial charge in [-0.3, -0.25) is 4.90 Å². The van der Waals surface area contributed by atoms with Crippen molar-refractivity contribution in [3.63, 3.8) is 0 Å². The van der Waals surface area contributed by atoms with E-state index >= 15 is 0 Å². The lowest BCUT2D eigenvalue weighted by Gasteiger charge is -2.18. The average molecular weight is 252 g/mol. The Morgan fingerprint density at radius 3 is 2.68 bits per heavy atom. The van der Waals surface area contributed by atoms with E-state index in [1.807, 2.05) is 24.3 Å². The summed E-state index contributed by atoms with van der Waals surface area (Å²) in [5.41, 5.74) is 5.62. The summed E-state index contributed by atoms with van der Waals surface area (Å²) in [6.07, 6.45) is 0.370. The van der Waals surface area contributed by atoms with Crippen LogP contribution in [0.15, 0.2) is 42.5 Å². The summed E-state index contributed by atoms with van der Waals surface area (Å²) in [6.45, 7) is 0. The molecular weight excluding hydrogens is 238 g/mol. The third kappa shape index (κ3) is 1.78. The third-order valence-electron chi connectivity index (χ3n) is 3.51. The van der Waals surface area contributed by atoms with Crippen LogP contribution in [0, 0.1) is 7.05 Å². The average Bonchev–Trinajstić information content (AvgIpc) is 2.84. The van der Waals surface area contributed by atoms with Crippen LogP contribution < -0.4 is 4.90 Å². The molecule has 2 aromatic rings. The van der Waals surface area contributed by atoms with Gasteiger partial charge in [-0.05, 0) is 28.3 Å². The van der Waals surface area contributed by atoms with Gasteiger partial charge in [0, 0.05) is 13.5 Å². The molecule has 0 aliphatic heterocycles. The van der Waals surface area contributed by atoms with Crippen molar-refractivity contribution in [2.45, 2.75) is 6.42 Å². The van der Waals surface area contributed by atoms with Crippen LogP contribution in [0.5, 0.6) is 0 Å². The minimum absolute atomic E-state index is 0.454. The first kappa shape index (κ1) is 11.8. The number of nitrogens with zero attached hydrogens (tertiary/aromatic N) is 1. The maximum absolute atomic E-state index is 11.6. The van der Waals surface area contributed by atoms with Crippen LogP contribution >= 0.6 is 0 Å². The van der Waals surface area contributed by atoms with Crippen LogP contribution in [0.2, 0.25) is 0 Å². The van der Waals surface area contributed by atoms with Crippen LogP contribution in [-0.4, -0.2) is 13.2 Å². The molecule has 0 atom stereocenters. The molecule has 0 heterocycles. The summed E-state index contributed by atoms with van der Waals surface area (Å²) in [5.74, 6) is 0. The van der Waals surface area contributed by atoms with Crippen molar-refractivity contribution >= 4 is 11.8 Å². The molecular formula is C16H14NO2. The molecule has 3 heteroatoms. The van der Waals surface area contributed by atoms with Crippen molar-refractivity contribution in [2.24, 2.45) is 0 Å². The molecule has 1 amide bonds. The fourth-order valence-corrected chi connectivity index (χ4v) is 2.60. The molecule has 0 aromatic heterocycles. The Bertz CT molecular complexity index is 649. The highest BCUT2D eigenvalue weighted by atomic mass is 16.5. The van der Waals surface area contributed by atoms with Crippen LogP contribution in [-0.2, 0) is 11.2 Å². The minimum Gasteiger partial charge on any atom is -0.452 e. The molecule has 0 bridgehead atoms. The molecule has 0 saturated heterocycles. The second kappa shape index (κ2) is 4.43. The van der Waals surface area contributed by atoms with Gasteiger partial charge in [-0.15, -0.1) is 0 Å². The zero-order valence-electron chi connectivity index (χ0n) is 10.7. The fraction of sp³-hybridized carbons (Fsp3) is 0.125. The zero-order chi connectivity index (χ0) is 13.4. The number of rotatable bonds is 1. The Hall–Kier alpha value is -2.29. The number of benzene rings is 2. The molecule has 3 rings (SSSR count). The summed E-state index contributed by atoms with van der Waals surface area (Å²) >= 11 is 0. The number of fused-ring (bicyclic) bond motifs is 3. The SMILES string of the molecule is [CH2]N(C(=O)OC)c1cccc2c1Cc1ccccc1-2. The van der Waals surface area contributed by atoms with Gasteiger partial charge in [0.15, 0.2) is 0 Å². The Balaban J connectivity index is 2.11. The summed E-state index contributed by atoms with van der Waals surface area (Å²) in [7, 11) is 5.14. The van der Waals surface area contributed by atoms with E-state index in [0.29, 0.717) is 0 Å². The molecule has 95 valence electrons. The second-order valence-corrected chi connectivity index (χ2v) is 4.54. The van der Waals surface area contributed by atoms with E-state index < -0.39 is 6.09 Å². The molecule has 2 aromatic carbocycles. The minimum atomic E-state index is -0.454. The van der Waals surface area contributed by atoms with E-state index in [2.05, 4.69) is 25.2 Å². The Labute approximate surface area is 112 Å². The highest BCUT2D eigenvalue weighted by Crippen LogP contribution is 2.41. The summed E-state index contributed by atoms with van der Waals surface area (Å²) in [4.78, 5) is 12.9. The number of hydrogen-bond acceptors (Lipinski definition) is 2. The van der Waals surface area contributed by atoms with Crippen LogP contribution in [0.4, 0.5) is 10.5 Å². The van der Waals surface area contributed by atoms with Gasteiger partial charge < -0.3 is 4.74 Å². The molecule has 0 unspecified atom stereocenters.